The van der Waals surface area contributed by atoms with Crippen molar-refractivity contribution in [1.82, 2.24) is 14.8 Å². The van der Waals surface area contributed by atoms with Crippen LogP contribution >= 0.6 is 23.1 Å². The topological polar surface area (TPSA) is 95.3 Å². The number of hydrogen-bond donors (Lipinski definition) is 1. The third-order valence-corrected chi connectivity index (χ3v) is 7.53. The van der Waals surface area contributed by atoms with Crippen LogP contribution in [0.4, 0.5) is 5.00 Å². The normalized spacial score (nSPS) is 10.8. The molecule has 10 heteroatoms. The maximum absolute atomic E-state index is 12.9. The van der Waals surface area contributed by atoms with Crippen molar-refractivity contribution in [2.75, 3.05) is 18.2 Å². The summed E-state index contributed by atoms with van der Waals surface area (Å²) in [6, 6.07) is 15.6. The third kappa shape index (κ3) is 6.20. The average molecular weight is 537 g/mol. The number of carbonyl (C=O) groups is 2. The van der Waals surface area contributed by atoms with Crippen molar-refractivity contribution < 1.29 is 19.1 Å². The van der Waals surface area contributed by atoms with Crippen LogP contribution in [0.1, 0.15) is 34.2 Å². The van der Waals surface area contributed by atoms with Gasteiger partial charge in [-0.2, -0.15) is 0 Å². The number of para-hydroxylation sites is 1. The standard InChI is InChI=1S/C27H28N4O4S2/c1-5-31-22(14-35-19-9-7-6-8-10-19)29-30-27(31)37-16-23(32)28-25-24(26(33)34-4)21(15-36-25)20-13-17(2)11-12-18(20)3/h6-13,15H,5,14,16H2,1-4H3,(H,28,32). The Balaban J connectivity index is 1.46. The van der Waals surface area contributed by atoms with E-state index in [0.29, 0.717) is 28.1 Å². The predicted molar refractivity (Wildman–Crippen MR) is 146 cm³/mol. The second-order valence-electron chi connectivity index (χ2n) is 8.25. The zero-order valence-corrected chi connectivity index (χ0v) is 22.7. The van der Waals surface area contributed by atoms with Crippen LogP contribution in [0.25, 0.3) is 11.1 Å². The third-order valence-electron chi connectivity index (χ3n) is 5.67. The van der Waals surface area contributed by atoms with Gasteiger partial charge in [-0.15, -0.1) is 21.5 Å². The monoisotopic (exact) mass is 536 g/mol. The number of aromatic nitrogens is 3. The molecule has 2 aromatic heterocycles. The van der Waals surface area contributed by atoms with Crippen LogP contribution in [-0.2, 0) is 22.7 Å². The highest BCUT2D eigenvalue weighted by Crippen LogP contribution is 2.38. The number of rotatable bonds is 10. The zero-order valence-electron chi connectivity index (χ0n) is 21.1. The Morgan fingerprint density at radius 2 is 1.86 bits per heavy atom. The van der Waals surface area contributed by atoms with E-state index in [1.165, 1.54) is 30.2 Å². The second-order valence-corrected chi connectivity index (χ2v) is 10.1. The van der Waals surface area contributed by atoms with Gasteiger partial charge in [-0.05, 0) is 44.0 Å². The number of anilines is 1. The van der Waals surface area contributed by atoms with Crippen LogP contribution in [0.5, 0.6) is 5.75 Å². The number of hydrogen-bond acceptors (Lipinski definition) is 8. The van der Waals surface area contributed by atoms with E-state index in [1.54, 1.807) is 0 Å². The van der Waals surface area contributed by atoms with Gasteiger partial charge in [0.05, 0.1) is 12.9 Å². The molecular weight excluding hydrogens is 508 g/mol. The molecule has 0 bridgehead atoms. The van der Waals surface area contributed by atoms with Crippen LogP contribution in [0.2, 0.25) is 0 Å². The molecule has 8 nitrogen and oxygen atoms in total. The van der Waals surface area contributed by atoms with Gasteiger partial charge in [0.2, 0.25) is 5.91 Å². The van der Waals surface area contributed by atoms with E-state index in [9.17, 15) is 9.59 Å². The maximum atomic E-state index is 12.9. The summed E-state index contributed by atoms with van der Waals surface area (Å²) >= 11 is 2.58. The number of esters is 1. The van der Waals surface area contributed by atoms with E-state index in [2.05, 4.69) is 15.5 Å². The predicted octanol–water partition coefficient (Wildman–Crippen LogP) is 5.74. The molecule has 4 aromatic rings. The molecule has 0 unspecified atom stereocenters. The Morgan fingerprint density at radius 3 is 2.59 bits per heavy atom. The number of thiophene rings is 1. The molecule has 0 saturated carbocycles. The van der Waals surface area contributed by atoms with Gasteiger partial charge in [0.25, 0.3) is 0 Å². The molecule has 0 spiro atoms. The number of thioether (sulfide) groups is 1. The zero-order chi connectivity index (χ0) is 26.4. The molecule has 2 heterocycles. The van der Waals surface area contributed by atoms with Crippen LogP contribution in [-0.4, -0.2) is 39.5 Å². The van der Waals surface area contributed by atoms with Gasteiger partial charge in [-0.25, -0.2) is 4.79 Å². The molecule has 2 aromatic carbocycles. The van der Waals surface area contributed by atoms with Gasteiger partial charge < -0.3 is 19.4 Å². The summed E-state index contributed by atoms with van der Waals surface area (Å²) in [6.45, 7) is 6.90. The first kappa shape index (κ1) is 26.4. The summed E-state index contributed by atoms with van der Waals surface area (Å²) in [5.41, 5.74) is 4.16. The Hall–Kier alpha value is -3.63. The van der Waals surface area contributed by atoms with Crippen molar-refractivity contribution >= 4 is 40.0 Å². The minimum absolute atomic E-state index is 0.106. The van der Waals surface area contributed by atoms with E-state index in [1.807, 2.05) is 79.2 Å². The first-order valence-electron chi connectivity index (χ1n) is 11.7. The molecule has 1 amide bonds. The summed E-state index contributed by atoms with van der Waals surface area (Å²) in [4.78, 5) is 25.6. The minimum Gasteiger partial charge on any atom is -0.486 e. The lowest BCUT2D eigenvalue weighted by Crippen LogP contribution is -2.16. The fourth-order valence-corrected chi connectivity index (χ4v) is 5.57. The highest BCUT2D eigenvalue weighted by molar-refractivity contribution is 7.99. The van der Waals surface area contributed by atoms with E-state index in [4.69, 9.17) is 9.47 Å². The molecule has 0 radical (unpaired) electrons. The van der Waals surface area contributed by atoms with Crippen LogP contribution in [0, 0.1) is 13.8 Å². The van der Waals surface area contributed by atoms with Crippen LogP contribution in [0.15, 0.2) is 59.1 Å². The van der Waals surface area contributed by atoms with Crippen molar-refractivity contribution in [2.24, 2.45) is 0 Å². The van der Waals surface area contributed by atoms with E-state index < -0.39 is 5.97 Å². The number of methoxy groups -OCH3 is 1. The molecule has 0 aliphatic rings. The molecule has 4 rings (SSSR count). The van der Waals surface area contributed by atoms with Gasteiger partial charge in [0.15, 0.2) is 11.0 Å². The molecular formula is C27H28N4O4S2. The SMILES string of the molecule is CCn1c(COc2ccccc2)nnc1SCC(=O)Nc1scc(-c2cc(C)ccc2C)c1C(=O)OC. The highest BCUT2D eigenvalue weighted by atomic mass is 32.2. The Labute approximate surface area is 224 Å². The molecule has 1 N–H and O–H groups in total. The first-order valence-corrected chi connectivity index (χ1v) is 13.6. The highest BCUT2D eigenvalue weighted by Gasteiger charge is 2.23. The smallest absolute Gasteiger partial charge is 0.341 e. The molecule has 0 aliphatic carbocycles. The maximum Gasteiger partial charge on any atom is 0.341 e. The van der Waals surface area contributed by atoms with Crippen LogP contribution < -0.4 is 10.1 Å². The van der Waals surface area contributed by atoms with E-state index >= 15 is 0 Å². The number of carbonyl (C=O) groups excluding carboxylic acids is 2. The lowest BCUT2D eigenvalue weighted by atomic mass is 9.97. The number of nitrogens with one attached hydrogen (secondary N) is 1. The quantitative estimate of drug-likeness (QED) is 0.204. The second kappa shape index (κ2) is 12.1. The van der Waals surface area contributed by atoms with Crippen molar-refractivity contribution in [3.05, 3.63) is 76.4 Å². The summed E-state index contributed by atoms with van der Waals surface area (Å²) in [7, 11) is 1.34. The number of nitrogens with zero attached hydrogens (tertiary/aromatic N) is 3. The Kier molecular flexibility index (Phi) is 8.62. The summed E-state index contributed by atoms with van der Waals surface area (Å²) in [5.74, 6) is 0.791. The van der Waals surface area contributed by atoms with Crippen LogP contribution in [0.3, 0.4) is 0 Å². The van der Waals surface area contributed by atoms with Gasteiger partial charge in [0, 0.05) is 17.5 Å². The first-order chi connectivity index (χ1) is 17.9. The lowest BCUT2D eigenvalue weighted by molar-refractivity contribution is -0.113. The van der Waals surface area contributed by atoms with Gasteiger partial charge >= 0.3 is 5.97 Å². The largest absolute Gasteiger partial charge is 0.486 e. The molecule has 0 atom stereocenters. The van der Waals surface area contributed by atoms with Gasteiger partial charge in [-0.1, -0.05) is 53.7 Å². The number of ether oxygens (including phenoxy) is 2. The van der Waals surface area contributed by atoms with Crippen molar-refractivity contribution in [2.45, 2.75) is 39.1 Å². The summed E-state index contributed by atoms with van der Waals surface area (Å²) in [5, 5.41) is 14.3. The molecule has 192 valence electrons. The molecule has 37 heavy (non-hydrogen) atoms. The number of amides is 1. The fraction of sp³-hybridized carbons (Fsp3) is 0.259. The molecule has 0 saturated heterocycles. The van der Waals surface area contributed by atoms with E-state index in [-0.39, 0.29) is 18.3 Å². The average Bonchev–Trinajstić information content (AvgIpc) is 3.51. The summed E-state index contributed by atoms with van der Waals surface area (Å²) in [6.07, 6.45) is 0. The van der Waals surface area contributed by atoms with Crippen molar-refractivity contribution in [1.29, 1.82) is 0 Å². The fourth-order valence-electron chi connectivity index (χ4n) is 3.79. The molecule has 0 fully saturated rings. The minimum atomic E-state index is -0.492. The number of benzene rings is 2. The number of aryl methyl sites for hydroxylation is 2. The van der Waals surface area contributed by atoms with Crippen molar-refractivity contribution in [3.8, 4) is 16.9 Å². The lowest BCUT2D eigenvalue weighted by Gasteiger charge is -2.10. The Bertz CT molecular complexity index is 1400. The molecule has 0 aliphatic heterocycles. The summed E-state index contributed by atoms with van der Waals surface area (Å²) < 4.78 is 12.8. The van der Waals surface area contributed by atoms with E-state index in [0.717, 1.165) is 28.0 Å². The van der Waals surface area contributed by atoms with Gasteiger partial charge in [0.1, 0.15) is 22.9 Å². The van der Waals surface area contributed by atoms with Gasteiger partial charge in [-0.3, -0.25) is 4.79 Å². The van der Waals surface area contributed by atoms with Crippen molar-refractivity contribution in [3.63, 3.8) is 0 Å². The Morgan fingerprint density at radius 1 is 1.08 bits per heavy atom.